The highest BCUT2D eigenvalue weighted by atomic mass is 35.5. The van der Waals surface area contributed by atoms with Crippen LogP contribution in [0.2, 0.25) is 10.0 Å². The summed E-state index contributed by atoms with van der Waals surface area (Å²) in [4.78, 5) is 37.9. The molecule has 1 saturated carbocycles. The fourth-order valence-electron chi connectivity index (χ4n) is 2.98. The second-order valence-corrected chi connectivity index (χ2v) is 6.13. The van der Waals surface area contributed by atoms with E-state index in [0.717, 1.165) is 17.7 Å². The molecule has 1 N–H and O–H groups in total. The maximum Gasteiger partial charge on any atom is 0.335 e. The average Bonchev–Trinajstić information content (AvgIpc) is 2.90. The summed E-state index contributed by atoms with van der Waals surface area (Å²) in [5.41, 5.74) is -0.904. The Bertz CT molecular complexity index is 654. The van der Waals surface area contributed by atoms with Crippen LogP contribution in [0.3, 0.4) is 0 Å². The largest absolute Gasteiger partial charge is 0.335 e. The van der Waals surface area contributed by atoms with Crippen molar-refractivity contribution in [1.29, 1.82) is 0 Å². The first-order valence-corrected chi connectivity index (χ1v) is 7.36. The zero-order valence-corrected chi connectivity index (χ0v) is 12.5. The first kappa shape index (κ1) is 14.4. The van der Waals surface area contributed by atoms with Gasteiger partial charge in [0.05, 0.1) is 10.7 Å². The molecule has 0 radical (unpaired) electrons. The number of amides is 4. The van der Waals surface area contributed by atoms with Crippen molar-refractivity contribution in [3.63, 3.8) is 0 Å². The van der Waals surface area contributed by atoms with Crippen molar-refractivity contribution >= 4 is 46.7 Å². The number of imide groups is 2. The van der Waals surface area contributed by atoms with E-state index in [0.29, 0.717) is 17.9 Å². The highest BCUT2D eigenvalue weighted by molar-refractivity contribution is 6.39. The van der Waals surface area contributed by atoms with Gasteiger partial charge in [-0.15, -0.1) is 0 Å². The molecule has 110 valence electrons. The van der Waals surface area contributed by atoms with Crippen LogP contribution in [0.5, 0.6) is 0 Å². The molecule has 7 heteroatoms. The Hall–Kier alpha value is -1.59. The van der Waals surface area contributed by atoms with Crippen molar-refractivity contribution in [3.8, 4) is 0 Å². The van der Waals surface area contributed by atoms with Gasteiger partial charge in [0, 0.05) is 5.02 Å². The van der Waals surface area contributed by atoms with Gasteiger partial charge in [-0.3, -0.25) is 14.9 Å². The Balaban J connectivity index is 2.07. The van der Waals surface area contributed by atoms with Crippen molar-refractivity contribution in [2.75, 3.05) is 4.90 Å². The number of hydrogen-bond acceptors (Lipinski definition) is 3. The second kappa shape index (κ2) is 5.00. The van der Waals surface area contributed by atoms with Gasteiger partial charge in [0.1, 0.15) is 5.41 Å². The number of nitrogens with one attached hydrogen (secondary N) is 1. The maximum atomic E-state index is 12.8. The molecule has 21 heavy (non-hydrogen) atoms. The molecule has 0 unspecified atom stereocenters. The SMILES string of the molecule is O=C1NC(=O)C2(CCCC2)C(=O)N1c1ccc(Cl)cc1Cl. The van der Waals surface area contributed by atoms with Crippen LogP contribution in [0.15, 0.2) is 18.2 Å². The van der Waals surface area contributed by atoms with E-state index in [-0.39, 0.29) is 10.7 Å². The molecule has 1 heterocycles. The third-order valence-corrected chi connectivity index (χ3v) is 4.62. The Labute approximate surface area is 131 Å². The van der Waals surface area contributed by atoms with Crippen LogP contribution in [0.25, 0.3) is 0 Å². The molecule has 1 aromatic rings. The second-order valence-electron chi connectivity index (χ2n) is 5.28. The summed E-state index contributed by atoms with van der Waals surface area (Å²) in [7, 11) is 0. The zero-order valence-electron chi connectivity index (χ0n) is 11.0. The maximum absolute atomic E-state index is 12.8. The summed E-state index contributed by atoms with van der Waals surface area (Å²) in [5.74, 6) is -1.01. The van der Waals surface area contributed by atoms with Crippen molar-refractivity contribution in [2.45, 2.75) is 25.7 Å². The van der Waals surface area contributed by atoms with Crippen molar-refractivity contribution < 1.29 is 14.4 Å². The molecule has 1 spiro atoms. The van der Waals surface area contributed by atoms with E-state index in [4.69, 9.17) is 23.2 Å². The van der Waals surface area contributed by atoms with Gasteiger partial charge in [0.15, 0.2) is 0 Å². The minimum atomic E-state index is -1.14. The smallest absolute Gasteiger partial charge is 0.276 e. The molecule has 1 aromatic carbocycles. The minimum Gasteiger partial charge on any atom is -0.276 e. The van der Waals surface area contributed by atoms with E-state index in [9.17, 15) is 14.4 Å². The first-order chi connectivity index (χ1) is 9.95. The number of hydrogen-bond donors (Lipinski definition) is 1. The molecule has 5 nitrogen and oxygen atoms in total. The van der Waals surface area contributed by atoms with Crippen molar-refractivity contribution in [1.82, 2.24) is 5.32 Å². The van der Waals surface area contributed by atoms with E-state index in [1.807, 2.05) is 0 Å². The lowest BCUT2D eigenvalue weighted by Crippen LogP contribution is -2.63. The van der Waals surface area contributed by atoms with Gasteiger partial charge in [-0.25, -0.2) is 9.69 Å². The monoisotopic (exact) mass is 326 g/mol. The highest BCUT2D eigenvalue weighted by Gasteiger charge is 2.55. The Kier molecular flexibility index (Phi) is 3.42. The summed E-state index contributed by atoms with van der Waals surface area (Å²) in [6.07, 6.45) is 2.48. The Morgan fingerprint density at radius 3 is 2.38 bits per heavy atom. The predicted molar refractivity (Wildman–Crippen MR) is 78.4 cm³/mol. The molecule has 3 rings (SSSR count). The normalized spacial score (nSPS) is 21.0. The Morgan fingerprint density at radius 2 is 1.76 bits per heavy atom. The lowest BCUT2D eigenvalue weighted by molar-refractivity contribution is -0.142. The van der Waals surface area contributed by atoms with Gasteiger partial charge in [0.2, 0.25) is 5.91 Å². The molecule has 1 aliphatic heterocycles. The van der Waals surface area contributed by atoms with Gasteiger partial charge >= 0.3 is 6.03 Å². The standard InChI is InChI=1S/C14H12Cl2N2O3/c15-8-3-4-10(9(16)7-8)18-12(20)14(5-1-2-6-14)11(19)17-13(18)21/h3-4,7H,1-2,5-6H2,(H,17,19,21). The molecule has 2 fully saturated rings. The van der Waals surface area contributed by atoms with Gasteiger partial charge in [0.25, 0.3) is 5.91 Å². The topological polar surface area (TPSA) is 66.5 Å². The van der Waals surface area contributed by atoms with Gasteiger partial charge < -0.3 is 0 Å². The predicted octanol–water partition coefficient (Wildman–Crippen LogP) is 3.14. The summed E-state index contributed by atoms with van der Waals surface area (Å²) in [5, 5.41) is 2.86. The van der Waals surface area contributed by atoms with Gasteiger partial charge in [-0.1, -0.05) is 36.0 Å². The van der Waals surface area contributed by atoms with Gasteiger partial charge in [-0.2, -0.15) is 0 Å². The highest BCUT2D eigenvalue weighted by Crippen LogP contribution is 2.43. The molecule has 1 saturated heterocycles. The lowest BCUT2D eigenvalue weighted by Gasteiger charge is -2.36. The molecule has 4 amide bonds. The molecule has 1 aliphatic carbocycles. The fraction of sp³-hybridized carbons (Fsp3) is 0.357. The minimum absolute atomic E-state index is 0.188. The number of benzene rings is 1. The number of anilines is 1. The molecule has 0 atom stereocenters. The summed E-state index contributed by atoms with van der Waals surface area (Å²) < 4.78 is 0. The number of rotatable bonds is 1. The van der Waals surface area contributed by atoms with E-state index in [1.54, 1.807) is 6.07 Å². The van der Waals surface area contributed by atoms with Crippen LogP contribution in [-0.2, 0) is 9.59 Å². The zero-order chi connectivity index (χ0) is 15.2. The molecular formula is C14H12Cl2N2O3. The average molecular weight is 327 g/mol. The summed E-state index contributed by atoms with van der Waals surface area (Å²) in [6.45, 7) is 0. The fourth-order valence-corrected chi connectivity index (χ4v) is 3.47. The van der Waals surface area contributed by atoms with E-state index >= 15 is 0 Å². The molecular weight excluding hydrogens is 315 g/mol. The number of halogens is 2. The Morgan fingerprint density at radius 1 is 1.10 bits per heavy atom. The quantitative estimate of drug-likeness (QED) is 0.806. The number of barbiturate groups is 1. The third-order valence-electron chi connectivity index (χ3n) is 4.08. The van der Waals surface area contributed by atoms with Crippen LogP contribution < -0.4 is 10.2 Å². The van der Waals surface area contributed by atoms with Crippen LogP contribution in [0.4, 0.5) is 10.5 Å². The molecule has 0 bridgehead atoms. The van der Waals surface area contributed by atoms with Crippen LogP contribution in [-0.4, -0.2) is 17.8 Å². The van der Waals surface area contributed by atoms with Crippen molar-refractivity contribution in [2.24, 2.45) is 5.41 Å². The van der Waals surface area contributed by atoms with E-state index in [2.05, 4.69) is 5.32 Å². The summed E-state index contributed by atoms with van der Waals surface area (Å²) in [6, 6.07) is 3.73. The lowest BCUT2D eigenvalue weighted by atomic mass is 9.82. The van der Waals surface area contributed by atoms with Crippen LogP contribution in [0, 0.1) is 5.41 Å². The number of nitrogens with zero attached hydrogens (tertiary/aromatic N) is 1. The van der Waals surface area contributed by atoms with Crippen LogP contribution >= 0.6 is 23.2 Å². The summed E-state index contributed by atoms with van der Waals surface area (Å²) >= 11 is 11.9. The van der Waals surface area contributed by atoms with Crippen LogP contribution in [0.1, 0.15) is 25.7 Å². The number of carbonyl (C=O) groups excluding carboxylic acids is 3. The first-order valence-electron chi connectivity index (χ1n) is 6.61. The van der Waals surface area contributed by atoms with Crippen molar-refractivity contribution in [3.05, 3.63) is 28.2 Å². The van der Waals surface area contributed by atoms with E-state index in [1.165, 1.54) is 12.1 Å². The molecule has 0 aromatic heterocycles. The van der Waals surface area contributed by atoms with Gasteiger partial charge in [-0.05, 0) is 31.0 Å². The number of urea groups is 1. The third kappa shape index (κ3) is 2.12. The number of carbonyl (C=O) groups is 3. The van der Waals surface area contributed by atoms with E-state index < -0.39 is 23.3 Å². The molecule has 2 aliphatic rings.